The summed E-state index contributed by atoms with van der Waals surface area (Å²) in [6.45, 7) is 4.24. The number of hydrogen-bond donors (Lipinski definition) is 1. The normalized spacial score (nSPS) is 10.9. The van der Waals surface area contributed by atoms with Crippen LogP contribution in [0.5, 0.6) is 0 Å². The first kappa shape index (κ1) is 15.4. The van der Waals surface area contributed by atoms with Gasteiger partial charge in [0.2, 0.25) is 5.91 Å². The Bertz CT molecular complexity index is 927. The molecule has 5 nitrogen and oxygen atoms in total. The second-order valence-electron chi connectivity index (χ2n) is 5.40. The van der Waals surface area contributed by atoms with Gasteiger partial charge in [-0.15, -0.1) is 11.3 Å². The van der Waals surface area contributed by atoms with Crippen molar-refractivity contribution in [2.45, 2.75) is 26.8 Å². The quantitative estimate of drug-likeness (QED) is 0.748. The third kappa shape index (κ3) is 3.65. The summed E-state index contributed by atoms with van der Waals surface area (Å²) in [4.78, 5) is 28.1. The first-order chi connectivity index (χ1) is 11.0. The molecule has 0 aliphatic heterocycles. The molecule has 6 heteroatoms. The molecule has 1 N–H and O–H groups in total. The van der Waals surface area contributed by atoms with E-state index in [1.165, 1.54) is 6.07 Å². The highest BCUT2D eigenvalue weighted by Gasteiger charge is 2.10. The lowest BCUT2D eigenvalue weighted by Crippen LogP contribution is -2.25. The standard InChI is InChI=1S/C17H16N2O3S/c1-10-3-4-14-12(7-17(21)22-15(14)5-10)6-16(20)18-8-13-9-23-11(2)19-13/h3-5,7,9H,6,8H2,1-2H3,(H,18,20). The zero-order valence-corrected chi connectivity index (χ0v) is 13.7. The zero-order valence-electron chi connectivity index (χ0n) is 12.9. The highest BCUT2D eigenvalue weighted by molar-refractivity contribution is 7.09. The van der Waals surface area contributed by atoms with Gasteiger partial charge in [-0.2, -0.15) is 0 Å². The second-order valence-corrected chi connectivity index (χ2v) is 6.46. The minimum atomic E-state index is -0.443. The van der Waals surface area contributed by atoms with Crippen LogP contribution in [0.25, 0.3) is 11.0 Å². The first-order valence-corrected chi connectivity index (χ1v) is 8.10. The van der Waals surface area contributed by atoms with E-state index in [0.29, 0.717) is 17.7 Å². The summed E-state index contributed by atoms with van der Waals surface area (Å²) in [5.41, 5.74) is 2.58. The fourth-order valence-electron chi connectivity index (χ4n) is 2.40. The average Bonchev–Trinajstić information content (AvgIpc) is 2.90. The van der Waals surface area contributed by atoms with Crippen molar-refractivity contribution in [2.75, 3.05) is 0 Å². The number of carbonyl (C=O) groups is 1. The maximum Gasteiger partial charge on any atom is 0.336 e. The number of nitrogens with zero attached hydrogens (tertiary/aromatic N) is 1. The number of amides is 1. The molecule has 0 bridgehead atoms. The lowest BCUT2D eigenvalue weighted by Gasteiger charge is -2.07. The van der Waals surface area contributed by atoms with Gasteiger partial charge >= 0.3 is 5.63 Å². The summed E-state index contributed by atoms with van der Waals surface area (Å²) in [6, 6.07) is 6.99. The molecule has 2 heterocycles. The van der Waals surface area contributed by atoms with Crippen LogP contribution in [0, 0.1) is 13.8 Å². The molecule has 0 unspecified atom stereocenters. The molecule has 3 rings (SSSR count). The second kappa shape index (κ2) is 6.34. The third-order valence-electron chi connectivity index (χ3n) is 3.47. The molecule has 0 aliphatic carbocycles. The maximum atomic E-state index is 12.1. The van der Waals surface area contributed by atoms with Crippen LogP contribution in [0.3, 0.4) is 0 Å². The predicted octanol–water partition coefficient (Wildman–Crippen LogP) is 2.73. The molecular formula is C17H16N2O3S. The van der Waals surface area contributed by atoms with Gasteiger partial charge in [-0.1, -0.05) is 12.1 Å². The van der Waals surface area contributed by atoms with Crippen LogP contribution in [-0.4, -0.2) is 10.9 Å². The molecule has 2 aromatic heterocycles. The van der Waals surface area contributed by atoms with Gasteiger partial charge < -0.3 is 9.73 Å². The Hall–Kier alpha value is -2.47. The summed E-state index contributed by atoms with van der Waals surface area (Å²) < 4.78 is 5.20. The van der Waals surface area contributed by atoms with E-state index < -0.39 is 5.63 Å². The van der Waals surface area contributed by atoms with Gasteiger partial charge in [0.1, 0.15) is 5.58 Å². The fourth-order valence-corrected chi connectivity index (χ4v) is 3.01. The van der Waals surface area contributed by atoms with Crippen molar-refractivity contribution < 1.29 is 9.21 Å². The van der Waals surface area contributed by atoms with Crippen LogP contribution in [0.4, 0.5) is 0 Å². The Balaban J connectivity index is 1.78. The van der Waals surface area contributed by atoms with Crippen molar-refractivity contribution >= 4 is 28.2 Å². The van der Waals surface area contributed by atoms with Gasteiger partial charge in [-0.3, -0.25) is 4.79 Å². The van der Waals surface area contributed by atoms with Gasteiger partial charge in [0.15, 0.2) is 0 Å². The number of aromatic nitrogens is 1. The molecule has 0 aliphatic rings. The minimum Gasteiger partial charge on any atom is -0.423 e. The van der Waals surface area contributed by atoms with Gasteiger partial charge in [-0.05, 0) is 31.0 Å². The number of benzene rings is 1. The number of nitrogens with one attached hydrogen (secondary N) is 1. The van der Waals surface area contributed by atoms with Crippen LogP contribution in [0.15, 0.2) is 38.9 Å². The van der Waals surface area contributed by atoms with Crippen LogP contribution < -0.4 is 10.9 Å². The van der Waals surface area contributed by atoms with E-state index >= 15 is 0 Å². The SMILES string of the molecule is Cc1ccc2c(CC(=O)NCc3csc(C)n3)cc(=O)oc2c1. The topological polar surface area (TPSA) is 72.2 Å². The largest absolute Gasteiger partial charge is 0.423 e. The van der Waals surface area contributed by atoms with Crippen LogP contribution in [0.1, 0.15) is 21.8 Å². The zero-order chi connectivity index (χ0) is 16.4. The molecule has 0 radical (unpaired) electrons. The van der Waals surface area contributed by atoms with Crippen molar-refractivity contribution in [2.24, 2.45) is 0 Å². The number of fused-ring (bicyclic) bond motifs is 1. The first-order valence-electron chi connectivity index (χ1n) is 7.22. The minimum absolute atomic E-state index is 0.133. The van der Waals surface area contributed by atoms with Crippen molar-refractivity contribution in [1.29, 1.82) is 0 Å². The average molecular weight is 328 g/mol. The Morgan fingerprint density at radius 1 is 1.30 bits per heavy atom. The summed E-state index contributed by atoms with van der Waals surface area (Å²) in [7, 11) is 0. The molecule has 0 fully saturated rings. The Morgan fingerprint density at radius 2 is 2.13 bits per heavy atom. The summed E-state index contributed by atoms with van der Waals surface area (Å²) in [6.07, 6.45) is 0.133. The van der Waals surface area contributed by atoms with E-state index in [1.807, 2.05) is 31.4 Å². The van der Waals surface area contributed by atoms with Crippen LogP contribution in [-0.2, 0) is 17.8 Å². The Morgan fingerprint density at radius 3 is 2.87 bits per heavy atom. The number of rotatable bonds is 4. The molecule has 23 heavy (non-hydrogen) atoms. The summed E-state index contributed by atoms with van der Waals surface area (Å²) in [5, 5.41) is 6.51. The highest BCUT2D eigenvalue weighted by Crippen LogP contribution is 2.19. The van der Waals surface area contributed by atoms with E-state index in [1.54, 1.807) is 17.4 Å². The number of carbonyl (C=O) groups excluding carboxylic acids is 1. The number of aryl methyl sites for hydroxylation is 2. The summed E-state index contributed by atoms with van der Waals surface area (Å²) in [5.74, 6) is -0.150. The molecule has 0 saturated heterocycles. The monoisotopic (exact) mass is 328 g/mol. The molecule has 1 aromatic carbocycles. The van der Waals surface area contributed by atoms with Gasteiger partial charge in [0.25, 0.3) is 0 Å². The molecule has 118 valence electrons. The van der Waals surface area contributed by atoms with E-state index in [-0.39, 0.29) is 12.3 Å². The highest BCUT2D eigenvalue weighted by atomic mass is 32.1. The van der Waals surface area contributed by atoms with E-state index in [4.69, 9.17) is 4.42 Å². The number of thiazole rings is 1. The van der Waals surface area contributed by atoms with E-state index in [2.05, 4.69) is 10.3 Å². The summed E-state index contributed by atoms with van der Waals surface area (Å²) >= 11 is 1.55. The van der Waals surface area contributed by atoms with Crippen molar-refractivity contribution in [1.82, 2.24) is 10.3 Å². The van der Waals surface area contributed by atoms with Gasteiger partial charge in [0, 0.05) is 16.8 Å². The van der Waals surface area contributed by atoms with Crippen LogP contribution >= 0.6 is 11.3 Å². The van der Waals surface area contributed by atoms with Gasteiger partial charge in [0.05, 0.1) is 23.7 Å². The van der Waals surface area contributed by atoms with Gasteiger partial charge in [-0.25, -0.2) is 9.78 Å². The number of hydrogen-bond acceptors (Lipinski definition) is 5. The molecule has 0 spiro atoms. The molecule has 3 aromatic rings. The molecule has 0 atom stereocenters. The third-order valence-corrected chi connectivity index (χ3v) is 4.29. The van der Waals surface area contributed by atoms with E-state index in [9.17, 15) is 9.59 Å². The van der Waals surface area contributed by atoms with Crippen molar-refractivity contribution in [3.8, 4) is 0 Å². The smallest absolute Gasteiger partial charge is 0.336 e. The van der Waals surface area contributed by atoms with Crippen LogP contribution in [0.2, 0.25) is 0 Å². The lowest BCUT2D eigenvalue weighted by atomic mass is 10.1. The Labute approximate surface area is 137 Å². The Kier molecular flexibility index (Phi) is 4.25. The van der Waals surface area contributed by atoms with E-state index in [0.717, 1.165) is 21.7 Å². The maximum absolute atomic E-state index is 12.1. The lowest BCUT2D eigenvalue weighted by molar-refractivity contribution is -0.120. The molecular weight excluding hydrogens is 312 g/mol. The predicted molar refractivity (Wildman–Crippen MR) is 89.6 cm³/mol. The fraction of sp³-hybridized carbons (Fsp3) is 0.235. The van der Waals surface area contributed by atoms with Crippen molar-refractivity contribution in [3.63, 3.8) is 0 Å². The molecule has 1 amide bonds. The molecule has 0 saturated carbocycles. The van der Waals surface area contributed by atoms with Crippen molar-refractivity contribution in [3.05, 3.63) is 61.9 Å².